The number of fused-ring (bicyclic) bond motifs is 1. The first-order valence-electron chi connectivity index (χ1n) is 7.26. The van der Waals surface area contributed by atoms with Crippen LogP contribution in [-0.4, -0.2) is 5.75 Å². The second-order valence-electron chi connectivity index (χ2n) is 5.06. The number of hydrogen-bond donors (Lipinski definition) is 1. The fourth-order valence-corrected chi connectivity index (χ4v) is 3.48. The van der Waals surface area contributed by atoms with Crippen molar-refractivity contribution in [2.45, 2.75) is 11.8 Å². The lowest BCUT2D eigenvalue weighted by Crippen LogP contribution is -2.29. The van der Waals surface area contributed by atoms with Crippen molar-refractivity contribution in [1.82, 2.24) is 0 Å². The standard InChI is InChI=1S/C18H17ClN2S/c1-3-22-17-12-21(2)16-7-5-4-6-15(16)18(17)20-14-10-8-13(19)9-11-14/h4-12H,3H2,1-2H3/p+1. The van der Waals surface area contributed by atoms with Gasteiger partial charge in [-0.25, -0.2) is 0 Å². The first-order chi connectivity index (χ1) is 10.7. The third kappa shape index (κ3) is 3.06. The molecule has 0 saturated carbocycles. The van der Waals surface area contributed by atoms with Crippen LogP contribution in [-0.2, 0) is 7.05 Å². The highest BCUT2D eigenvalue weighted by Gasteiger charge is 2.15. The van der Waals surface area contributed by atoms with Crippen LogP contribution in [0.4, 0.5) is 11.4 Å². The zero-order valence-electron chi connectivity index (χ0n) is 12.6. The molecule has 1 N–H and O–H groups in total. The summed E-state index contributed by atoms with van der Waals surface area (Å²) in [6, 6.07) is 16.3. The molecule has 0 atom stereocenters. The Bertz CT molecular complexity index is 800. The van der Waals surface area contributed by atoms with E-state index in [1.807, 2.05) is 36.0 Å². The van der Waals surface area contributed by atoms with Crippen molar-refractivity contribution in [2.75, 3.05) is 11.1 Å². The zero-order valence-corrected chi connectivity index (χ0v) is 14.2. The first-order valence-corrected chi connectivity index (χ1v) is 8.62. The van der Waals surface area contributed by atoms with Crippen LogP contribution in [0.5, 0.6) is 0 Å². The molecule has 2 aromatic carbocycles. The van der Waals surface area contributed by atoms with E-state index >= 15 is 0 Å². The van der Waals surface area contributed by atoms with Crippen molar-refractivity contribution in [1.29, 1.82) is 0 Å². The fraction of sp³-hybridized carbons (Fsp3) is 0.167. The molecule has 0 amide bonds. The summed E-state index contributed by atoms with van der Waals surface area (Å²) in [5.74, 6) is 1.04. The normalized spacial score (nSPS) is 10.9. The highest BCUT2D eigenvalue weighted by molar-refractivity contribution is 7.99. The quantitative estimate of drug-likeness (QED) is 0.524. The van der Waals surface area contributed by atoms with Crippen molar-refractivity contribution in [3.05, 3.63) is 59.8 Å². The lowest BCUT2D eigenvalue weighted by atomic mass is 10.1. The summed E-state index contributed by atoms with van der Waals surface area (Å²) in [4.78, 5) is 1.25. The SMILES string of the molecule is CCSc1c[n+](C)c2ccccc2c1Nc1ccc(Cl)cc1. The number of anilines is 2. The maximum Gasteiger partial charge on any atom is 0.214 e. The molecule has 3 aromatic rings. The van der Waals surface area contributed by atoms with Gasteiger partial charge in [-0.3, -0.25) is 0 Å². The van der Waals surface area contributed by atoms with E-state index in [9.17, 15) is 0 Å². The molecule has 0 unspecified atom stereocenters. The zero-order chi connectivity index (χ0) is 15.5. The van der Waals surface area contributed by atoms with Gasteiger partial charge in [0.05, 0.1) is 16.0 Å². The molecule has 22 heavy (non-hydrogen) atoms. The number of thioether (sulfide) groups is 1. The number of halogens is 1. The molecule has 0 aliphatic heterocycles. The number of rotatable bonds is 4. The Morgan fingerprint density at radius 2 is 1.82 bits per heavy atom. The summed E-state index contributed by atoms with van der Waals surface area (Å²) in [6.45, 7) is 2.17. The third-order valence-electron chi connectivity index (χ3n) is 3.52. The Balaban J connectivity index is 2.14. The van der Waals surface area contributed by atoms with Crippen LogP contribution in [0.15, 0.2) is 59.6 Å². The molecule has 0 saturated heterocycles. The predicted octanol–water partition coefficient (Wildman–Crippen LogP) is 5.17. The van der Waals surface area contributed by atoms with E-state index in [4.69, 9.17) is 11.6 Å². The van der Waals surface area contributed by atoms with Crippen molar-refractivity contribution in [3.8, 4) is 0 Å². The number of hydrogen-bond acceptors (Lipinski definition) is 2. The van der Waals surface area contributed by atoms with E-state index < -0.39 is 0 Å². The number of para-hydroxylation sites is 1. The predicted molar refractivity (Wildman–Crippen MR) is 96.3 cm³/mol. The van der Waals surface area contributed by atoms with Gasteiger partial charge in [0.15, 0.2) is 6.20 Å². The smallest absolute Gasteiger partial charge is 0.214 e. The van der Waals surface area contributed by atoms with Crippen molar-refractivity contribution in [3.63, 3.8) is 0 Å². The van der Waals surface area contributed by atoms with E-state index in [-0.39, 0.29) is 0 Å². The number of nitrogens with one attached hydrogen (secondary N) is 1. The Morgan fingerprint density at radius 3 is 2.55 bits per heavy atom. The summed E-state index contributed by atoms with van der Waals surface area (Å²) >= 11 is 7.82. The van der Waals surface area contributed by atoms with Gasteiger partial charge in [0.25, 0.3) is 0 Å². The lowest BCUT2D eigenvalue weighted by molar-refractivity contribution is -0.646. The molecule has 0 radical (unpaired) electrons. The van der Waals surface area contributed by atoms with Gasteiger partial charge in [0, 0.05) is 16.8 Å². The highest BCUT2D eigenvalue weighted by atomic mass is 35.5. The monoisotopic (exact) mass is 329 g/mol. The summed E-state index contributed by atoms with van der Waals surface area (Å²) in [5.41, 5.74) is 3.41. The van der Waals surface area contributed by atoms with Gasteiger partial charge in [-0.05, 0) is 36.1 Å². The van der Waals surface area contributed by atoms with E-state index in [0.29, 0.717) is 0 Å². The molecule has 0 aliphatic carbocycles. The van der Waals surface area contributed by atoms with Crippen LogP contribution in [0.25, 0.3) is 10.9 Å². The second kappa shape index (κ2) is 6.59. The second-order valence-corrected chi connectivity index (χ2v) is 6.80. The Labute approximate surface area is 140 Å². The Hall–Kier alpha value is -1.71. The minimum absolute atomic E-state index is 0.748. The third-order valence-corrected chi connectivity index (χ3v) is 4.69. The molecule has 1 aromatic heterocycles. The molecule has 1 heterocycles. The van der Waals surface area contributed by atoms with E-state index in [1.54, 1.807) is 0 Å². The molecular formula is C18H18ClN2S+. The maximum absolute atomic E-state index is 5.98. The van der Waals surface area contributed by atoms with E-state index in [2.05, 4.69) is 54.3 Å². The minimum atomic E-state index is 0.748. The van der Waals surface area contributed by atoms with Crippen molar-refractivity contribution >= 4 is 45.6 Å². The van der Waals surface area contributed by atoms with Gasteiger partial charge in [-0.1, -0.05) is 30.7 Å². The lowest BCUT2D eigenvalue weighted by Gasteiger charge is -2.13. The average Bonchev–Trinajstić information content (AvgIpc) is 2.53. The highest BCUT2D eigenvalue weighted by Crippen LogP contribution is 2.34. The summed E-state index contributed by atoms with van der Waals surface area (Å²) in [5, 5.41) is 5.53. The number of aromatic nitrogens is 1. The molecular weight excluding hydrogens is 312 g/mol. The van der Waals surface area contributed by atoms with Gasteiger partial charge in [-0.15, -0.1) is 11.8 Å². The van der Waals surface area contributed by atoms with Gasteiger partial charge < -0.3 is 5.32 Å². The van der Waals surface area contributed by atoms with Crippen LogP contribution in [0, 0.1) is 0 Å². The summed E-state index contributed by atoms with van der Waals surface area (Å²) in [6.07, 6.45) is 2.19. The molecule has 0 fully saturated rings. The van der Waals surface area contributed by atoms with Gasteiger partial charge in [0.1, 0.15) is 7.05 Å². The molecule has 2 nitrogen and oxygen atoms in total. The van der Waals surface area contributed by atoms with Gasteiger partial charge in [-0.2, -0.15) is 4.57 Å². The van der Waals surface area contributed by atoms with Crippen LogP contribution >= 0.6 is 23.4 Å². The molecule has 0 spiro atoms. The van der Waals surface area contributed by atoms with Crippen LogP contribution in [0.3, 0.4) is 0 Å². The topological polar surface area (TPSA) is 15.9 Å². The van der Waals surface area contributed by atoms with E-state index in [0.717, 1.165) is 22.2 Å². The van der Waals surface area contributed by atoms with E-state index in [1.165, 1.54) is 15.8 Å². The Kier molecular flexibility index (Phi) is 4.55. The summed E-state index contributed by atoms with van der Waals surface area (Å²) < 4.78 is 2.18. The number of aryl methyl sites for hydroxylation is 1. The van der Waals surface area contributed by atoms with Crippen LogP contribution < -0.4 is 9.88 Å². The van der Waals surface area contributed by atoms with Crippen molar-refractivity contribution in [2.24, 2.45) is 7.05 Å². The minimum Gasteiger partial charge on any atom is -0.354 e. The summed E-state index contributed by atoms with van der Waals surface area (Å²) in [7, 11) is 2.09. The average molecular weight is 330 g/mol. The molecule has 3 rings (SSSR count). The molecule has 4 heteroatoms. The van der Waals surface area contributed by atoms with Crippen LogP contribution in [0.2, 0.25) is 5.02 Å². The van der Waals surface area contributed by atoms with Gasteiger partial charge in [0.2, 0.25) is 5.52 Å². The van der Waals surface area contributed by atoms with Crippen molar-refractivity contribution < 1.29 is 4.57 Å². The molecule has 112 valence electrons. The number of nitrogens with zero attached hydrogens (tertiary/aromatic N) is 1. The van der Waals surface area contributed by atoms with Gasteiger partial charge >= 0.3 is 0 Å². The largest absolute Gasteiger partial charge is 0.354 e. The Morgan fingerprint density at radius 1 is 1.09 bits per heavy atom. The number of benzene rings is 2. The number of pyridine rings is 1. The molecule has 0 aliphatic rings. The van der Waals surface area contributed by atoms with Crippen LogP contribution in [0.1, 0.15) is 6.92 Å². The fourth-order valence-electron chi connectivity index (χ4n) is 2.51. The molecule has 0 bridgehead atoms. The maximum atomic E-state index is 5.98. The first kappa shape index (κ1) is 15.2.